The molecule has 0 heterocycles. The van der Waals surface area contributed by atoms with Gasteiger partial charge in [0.1, 0.15) is 5.76 Å². The van der Waals surface area contributed by atoms with Crippen molar-refractivity contribution in [2.24, 2.45) is 17.8 Å². The van der Waals surface area contributed by atoms with E-state index in [1.54, 1.807) is 6.08 Å². The molecule has 1 atom stereocenters. The number of carbonyl (C=O) groups is 1. The molecule has 1 aromatic rings. The number of esters is 1. The molecular formula is C27H40O5S. The maximum absolute atomic E-state index is 13.3. The minimum atomic E-state index is -4.37. The number of ether oxygens (including phenoxy) is 1. The summed E-state index contributed by atoms with van der Waals surface area (Å²) in [6.07, 6.45) is 1.85. The molecule has 0 spiro atoms. The third-order valence-electron chi connectivity index (χ3n) is 6.19. The van der Waals surface area contributed by atoms with E-state index >= 15 is 0 Å². The second-order valence-corrected chi connectivity index (χ2v) is 13.2. The summed E-state index contributed by atoms with van der Waals surface area (Å²) in [5, 5.41) is 0. The molecule has 1 N–H and O–H groups in total. The van der Waals surface area contributed by atoms with Gasteiger partial charge in [-0.3, -0.25) is 4.55 Å². The van der Waals surface area contributed by atoms with E-state index in [1.165, 1.54) is 0 Å². The fourth-order valence-corrected chi connectivity index (χ4v) is 5.35. The SMILES string of the molecule is CC(C)C1=C(S(=O)(=O)O)C(C(C)C)CC(OC(=O)c2cc(C(C)(C)C)cc(C(C)(C)C)c2)=C1. The van der Waals surface area contributed by atoms with E-state index in [0.29, 0.717) is 16.9 Å². The van der Waals surface area contributed by atoms with Crippen molar-refractivity contribution in [1.82, 2.24) is 0 Å². The lowest BCUT2D eigenvalue weighted by Gasteiger charge is -2.30. The lowest BCUT2D eigenvalue weighted by atomic mass is 9.79. The minimum Gasteiger partial charge on any atom is -0.427 e. The van der Waals surface area contributed by atoms with Crippen molar-refractivity contribution < 1.29 is 22.5 Å². The molecule has 0 bridgehead atoms. The van der Waals surface area contributed by atoms with Gasteiger partial charge in [-0.2, -0.15) is 8.42 Å². The number of carbonyl (C=O) groups excluding carboxylic acids is 1. The zero-order chi connectivity index (χ0) is 25.5. The first-order chi connectivity index (χ1) is 14.8. The molecule has 0 aromatic heterocycles. The van der Waals surface area contributed by atoms with Crippen LogP contribution in [0.4, 0.5) is 0 Å². The molecule has 1 aliphatic carbocycles. The molecule has 33 heavy (non-hydrogen) atoms. The number of hydrogen-bond acceptors (Lipinski definition) is 4. The Labute approximate surface area is 200 Å². The Morgan fingerprint density at radius 1 is 0.970 bits per heavy atom. The van der Waals surface area contributed by atoms with E-state index in [-0.39, 0.29) is 34.0 Å². The Morgan fingerprint density at radius 3 is 1.82 bits per heavy atom. The lowest BCUT2D eigenvalue weighted by molar-refractivity contribution is 0.0602. The monoisotopic (exact) mass is 476 g/mol. The Bertz CT molecular complexity index is 1040. The summed E-state index contributed by atoms with van der Waals surface area (Å²) >= 11 is 0. The van der Waals surface area contributed by atoms with Gasteiger partial charge in [-0.25, -0.2) is 4.79 Å². The summed E-state index contributed by atoms with van der Waals surface area (Å²) in [6.45, 7) is 20.2. The molecule has 0 saturated carbocycles. The van der Waals surface area contributed by atoms with Crippen LogP contribution in [0.15, 0.2) is 40.5 Å². The maximum atomic E-state index is 13.3. The van der Waals surface area contributed by atoms with Crippen LogP contribution in [0, 0.1) is 17.8 Å². The Morgan fingerprint density at radius 2 is 1.45 bits per heavy atom. The summed E-state index contributed by atoms with van der Waals surface area (Å²) in [5.41, 5.74) is 2.79. The molecule has 184 valence electrons. The van der Waals surface area contributed by atoms with Gasteiger partial charge in [0.05, 0.1) is 10.5 Å². The highest BCUT2D eigenvalue weighted by Gasteiger charge is 2.36. The molecule has 0 saturated heterocycles. The average Bonchev–Trinajstić information content (AvgIpc) is 2.64. The van der Waals surface area contributed by atoms with Crippen LogP contribution in [-0.4, -0.2) is 18.9 Å². The van der Waals surface area contributed by atoms with Crippen molar-refractivity contribution in [3.8, 4) is 0 Å². The largest absolute Gasteiger partial charge is 0.427 e. The highest BCUT2D eigenvalue weighted by molar-refractivity contribution is 7.89. The summed E-state index contributed by atoms with van der Waals surface area (Å²) in [5.74, 6) is -0.716. The lowest BCUT2D eigenvalue weighted by Crippen LogP contribution is -2.26. The van der Waals surface area contributed by atoms with Crippen LogP contribution in [0.25, 0.3) is 0 Å². The minimum absolute atomic E-state index is 0.0389. The van der Waals surface area contributed by atoms with Crippen molar-refractivity contribution in [1.29, 1.82) is 0 Å². The summed E-state index contributed by atoms with van der Waals surface area (Å²) < 4.78 is 40.1. The molecule has 2 rings (SSSR count). The zero-order valence-corrected chi connectivity index (χ0v) is 22.6. The number of hydrogen-bond donors (Lipinski definition) is 1. The average molecular weight is 477 g/mol. The fourth-order valence-electron chi connectivity index (χ4n) is 4.02. The van der Waals surface area contributed by atoms with Crippen LogP contribution in [0.3, 0.4) is 0 Å². The van der Waals surface area contributed by atoms with Crippen LogP contribution in [0.5, 0.6) is 0 Å². The molecule has 5 nitrogen and oxygen atoms in total. The maximum Gasteiger partial charge on any atom is 0.343 e. The van der Waals surface area contributed by atoms with Gasteiger partial charge in [0.2, 0.25) is 0 Å². The van der Waals surface area contributed by atoms with E-state index in [4.69, 9.17) is 4.74 Å². The van der Waals surface area contributed by atoms with Crippen LogP contribution in [0.1, 0.15) is 97.1 Å². The van der Waals surface area contributed by atoms with Crippen molar-refractivity contribution in [3.05, 3.63) is 57.2 Å². The van der Waals surface area contributed by atoms with Gasteiger partial charge in [0.15, 0.2) is 0 Å². The molecular weight excluding hydrogens is 436 g/mol. The summed E-state index contributed by atoms with van der Waals surface area (Å²) in [4.78, 5) is 13.3. The predicted octanol–water partition coefficient (Wildman–Crippen LogP) is 6.80. The first-order valence-corrected chi connectivity index (χ1v) is 13.1. The highest BCUT2D eigenvalue weighted by Crippen LogP contribution is 2.40. The van der Waals surface area contributed by atoms with Gasteiger partial charge in [0.25, 0.3) is 10.1 Å². The highest BCUT2D eigenvalue weighted by atomic mass is 32.2. The first kappa shape index (κ1) is 27.3. The van der Waals surface area contributed by atoms with Gasteiger partial charge < -0.3 is 4.74 Å². The van der Waals surface area contributed by atoms with E-state index < -0.39 is 22.0 Å². The molecule has 0 fully saturated rings. The molecule has 0 radical (unpaired) electrons. The molecule has 0 aliphatic heterocycles. The standard InChI is InChI=1S/C27H40O5S/c1-16(2)22-14-21(15-23(17(3)4)24(22)33(29,30)31)32-25(28)18-11-19(26(5,6)7)13-20(12-18)27(8,9)10/h11-14,16-17,23H,15H2,1-10H3,(H,29,30,31). The van der Waals surface area contributed by atoms with E-state index in [2.05, 4.69) is 47.6 Å². The van der Waals surface area contributed by atoms with Crippen molar-refractivity contribution in [2.75, 3.05) is 0 Å². The Kier molecular flexibility index (Phi) is 7.77. The molecule has 0 amide bonds. The van der Waals surface area contributed by atoms with Crippen molar-refractivity contribution in [2.45, 2.75) is 86.5 Å². The third-order valence-corrected chi connectivity index (χ3v) is 7.28. The molecule has 6 heteroatoms. The van der Waals surface area contributed by atoms with Gasteiger partial charge in [-0.05, 0) is 57.6 Å². The third kappa shape index (κ3) is 6.57. The Hall–Kier alpha value is -1.92. The van der Waals surface area contributed by atoms with Gasteiger partial charge in [-0.15, -0.1) is 0 Å². The normalized spacial score (nSPS) is 18.1. The van der Waals surface area contributed by atoms with Crippen molar-refractivity contribution >= 4 is 16.1 Å². The molecule has 1 unspecified atom stereocenters. The zero-order valence-electron chi connectivity index (χ0n) is 21.7. The van der Waals surface area contributed by atoms with E-state index in [0.717, 1.165) is 11.1 Å². The van der Waals surface area contributed by atoms with E-state index in [1.807, 2.05) is 39.8 Å². The predicted molar refractivity (Wildman–Crippen MR) is 134 cm³/mol. The number of benzene rings is 1. The smallest absolute Gasteiger partial charge is 0.343 e. The topological polar surface area (TPSA) is 80.7 Å². The number of allylic oxidation sites excluding steroid dienone is 4. The van der Waals surface area contributed by atoms with Crippen molar-refractivity contribution in [3.63, 3.8) is 0 Å². The molecule has 1 aliphatic rings. The number of rotatable bonds is 5. The quantitative estimate of drug-likeness (QED) is 0.373. The van der Waals surface area contributed by atoms with Gasteiger partial charge in [-0.1, -0.05) is 75.3 Å². The van der Waals surface area contributed by atoms with Gasteiger partial charge >= 0.3 is 5.97 Å². The van der Waals surface area contributed by atoms with Crippen LogP contribution in [0.2, 0.25) is 0 Å². The first-order valence-electron chi connectivity index (χ1n) is 11.6. The van der Waals surface area contributed by atoms with Crippen LogP contribution < -0.4 is 0 Å². The van der Waals surface area contributed by atoms with E-state index in [9.17, 15) is 17.8 Å². The van der Waals surface area contributed by atoms with Gasteiger partial charge in [0, 0.05) is 12.3 Å². The fraction of sp³-hybridized carbons (Fsp3) is 0.593. The Balaban J connectivity index is 2.55. The van der Waals surface area contributed by atoms with Crippen LogP contribution in [-0.2, 0) is 25.7 Å². The second-order valence-electron chi connectivity index (χ2n) is 11.8. The van der Waals surface area contributed by atoms with Crippen LogP contribution >= 0.6 is 0 Å². The summed E-state index contributed by atoms with van der Waals surface area (Å²) in [6, 6.07) is 5.90. The summed E-state index contributed by atoms with van der Waals surface area (Å²) in [7, 11) is -4.37. The second kappa shape index (κ2) is 9.38. The molecule has 1 aromatic carbocycles.